The van der Waals surface area contributed by atoms with Gasteiger partial charge in [-0.15, -0.1) is 0 Å². The third kappa shape index (κ3) is 20.6. The molecule has 3 atom stereocenters. The van der Waals surface area contributed by atoms with Crippen molar-refractivity contribution in [1.29, 1.82) is 0 Å². The van der Waals surface area contributed by atoms with Crippen LogP contribution in [0.1, 0.15) is 58.3 Å². The minimum absolute atomic E-state index is 0.228. The summed E-state index contributed by atoms with van der Waals surface area (Å²) in [6.45, 7) is -0.0831. The number of hydrogen-bond donors (Lipinski definition) is 4. The molecular weight excluding hydrogens is 439 g/mol. The summed E-state index contributed by atoms with van der Waals surface area (Å²) in [5.74, 6) is -0.462. The fourth-order valence-corrected chi connectivity index (χ4v) is 3.09. The lowest BCUT2D eigenvalue weighted by Crippen LogP contribution is -2.24. The summed E-state index contributed by atoms with van der Waals surface area (Å²) in [6, 6.07) is 0. The molecule has 4 N–H and O–H groups in total. The molecule has 0 rings (SSSR count). The molecule has 0 heterocycles. The van der Waals surface area contributed by atoms with Crippen molar-refractivity contribution in [1.82, 2.24) is 0 Å². The van der Waals surface area contributed by atoms with Crippen molar-refractivity contribution in [3.8, 4) is 0 Å². The summed E-state index contributed by atoms with van der Waals surface area (Å²) >= 11 is 0. The molecule has 0 fully saturated rings. The normalized spacial score (nSPS) is 16.0. The second-order valence-electron chi connectivity index (χ2n) is 7.13. The van der Waals surface area contributed by atoms with E-state index in [1.165, 1.54) is 0 Å². The van der Waals surface area contributed by atoms with Gasteiger partial charge < -0.3 is 24.9 Å². The Morgan fingerprint density at radius 3 is 2.09 bits per heavy atom. The van der Waals surface area contributed by atoms with E-state index in [0.717, 1.165) is 38.5 Å². The van der Waals surface area contributed by atoms with Gasteiger partial charge in [0, 0.05) is 6.42 Å². The first-order chi connectivity index (χ1) is 15.3. The number of esters is 1. The third-order valence-corrected chi connectivity index (χ3v) is 4.99. The van der Waals surface area contributed by atoms with Crippen LogP contribution in [0.4, 0.5) is 0 Å². The van der Waals surface area contributed by atoms with Crippen LogP contribution in [-0.4, -0.2) is 64.8 Å². The lowest BCUT2D eigenvalue weighted by atomic mass is 10.1. The van der Waals surface area contributed by atoms with Crippen molar-refractivity contribution in [2.45, 2.75) is 70.5 Å². The molecule has 0 radical (unpaired) electrons. The summed E-state index contributed by atoms with van der Waals surface area (Å²) in [6.07, 6.45) is 16.9. The molecule has 186 valence electrons. The highest BCUT2D eigenvalue weighted by atomic mass is 31.2. The van der Waals surface area contributed by atoms with E-state index >= 15 is 0 Å². The molecule has 0 aliphatic rings. The molecule has 0 aromatic rings. The van der Waals surface area contributed by atoms with E-state index in [1.54, 1.807) is 0 Å². The minimum Gasteiger partial charge on any atom is -0.463 e. The largest absolute Gasteiger partial charge is 0.472 e. The number of aliphatic hydroxyl groups excluding tert-OH is 3. The van der Waals surface area contributed by atoms with Crippen LogP contribution in [0, 0.1) is 0 Å². The van der Waals surface area contributed by atoms with Crippen molar-refractivity contribution in [3.05, 3.63) is 36.5 Å². The van der Waals surface area contributed by atoms with Crippen molar-refractivity contribution in [2.75, 3.05) is 26.4 Å². The highest BCUT2D eigenvalue weighted by Crippen LogP contribution is 2.43. The second kappa shape index (κ2) is 20.3. The maximum absolute atomic E-state index is 11.7. The molecule has 0 amide bonds. The Labute approximate surface area is 191 Å². The molecule has 10 heteroatoms. The van der Waals surface area contributed by atoms with Crippen LogP contribution in [0.3, 0.4) is 0 Å². The summed E-state index contributed by atoms with van der Waals surface area (Å²) in [4.78, 5) is 21.0. The van der Waals surface area contributed by atoms with Crippen molar-refractivity contribution in [2.24, 2.45) is 0 Å². The van der Waals surface area contributed by atoms with Crippen LogP contribution in [0.5, 0.6) is 0 Å². The molecule has 0 saturated heterocycles. The topological polar surface area (TPSA) is 143 Å². The van der Waals surface area contributed by atoms with Crippen molar-refractivity contribution < 1.29 is 43.4 Å². The van der Waals surface area contributed by atoms with Gasteiger partial charge in [0.1, 0.15) is 18.8 Å². The standard InChI is InChI=1S/C22H39O9P/c1-2-3-4-5-6-7-8-9-10-11-12-13-14-15-22(26)29-17-21(25)19-31-32(27,28)30-18-20(24)16-23/h3-4,6-7,9-10,20-21,23-25H,2,5,8,11-19H2,1H3,(H,27,28)/b4-3-,7-6-,10-9-. The number of unbranched alkanes of at least 4 members (excludes halogenated alkanes) is 3. The van der Waals surface area contributed by atoms with E-state index in [4.69, 9.17) is 14.9 Å². The van der Waals surface area contributed by atoms with E-state index in [9.17, 15) is 19.4 Å². The average Bonchev–Trinajstić information content (AvgIpc) is 2.77. The molecule has 0 aliphatic heterocycles. The number of phosphoric ester groups is 1. The molecule has 0 aromatic carbocycles. The summed E-state index contributed by atoms with van der Waals surface area (Å²) in [5, 5.41) is 27.3. The van der Waals surface area contributed by atoms with E-state index < -0.39 is 45.8 Å². The number of carbonyl (C=O) groups excluding carboxylic acids is 1. The molecule has 3 unspecified atom stereocenters. The zero-order valence-electron chi connectivity index (χ0n) is 18.9. The molecule has 0 saturated carbocycles. The van der Waals surface area contributed by atoms with E-state index in [1.807, 2.05) is 0 Å². The molecule has 0 spiro atoms. The number of carbonyl (C=O) groups is 1. The molecular formula is C22H39O9P. The number of allylic oxidation sites excluding steroid dienone is 6. The summed E-state index contributed by atoms with van der Waals surface area (Å²) in [5.41, 5.74) is 0. The predicted molar refractivity (Wildman–Crippen MR) is 122 cm³/mol. The van der Waals surface area contributed by atoms with Gasteiger partial charge in [0.15, 0.2) is 0 Å². The average molecular weight is 479 g/mol. The molecule has 0 bridgehead atoms. The first-order valence-corrected chi connectivity index (χ1v) is 12.5. The zero-order chi connectivity index (χ0) is 24.1. The smallest absolute Gasteiger partial charge is 0.463 e. The Bertz CT molecular complexity index is 604. The first kappa shape index (κ1) is 30.7. The van der Waals surface area contributed by atoms with Crippen LogP contribution < -0.4 is 0 Å². The van der Waals surface area contributed by atoms with E-state index in [0.29, 0.717) is 6.42 Å². The highest BCUT2D eigenvalue weighted by molar-refractivity contribution is 7.47. The molecule has 9 nitrogen and oxygen atoms in total. The van der Waals surface area contributed by atoms with Crippen molar-refractivity contribution in [3.63, 3.8) is 0 Å². The lowest BCUT2D eigenvalue weighted by molar-refractivity contribution is -0.147. The number of rotatable bonds is 20. The Morgan fingerprint density at radius 1 is 0.875 bits per heavy atom. The molecule has 0 aliphatic carbocycles. The number of ether oxygens (including phenoxy) is 1. The van der Waals surface area contributed by atoms with Crippen LogP contribution in [0.25, 0.3) is 0 Å². The second-order valence-corrected chi connectivity index (χ2v) is 8.58. The molecule has 0 aromatic heterocycles. The van der Waals surface area contributed by atoms with Gasteiger partial charge in [0.25, 0.3) is 0 Å². The third-order valence-electron chi connectivity index (χ3n) is 4.04. The number of hydrogen-bond acceptors (Lipinski definition) is 8. The summed E-state index contributed by atoms with van der Waals surface area (Å²) in [7, 11) is -4.49. The highest BCUT2D eigenvalue weighted by Gasteiger charge is 2.24. The van der Waals surface area contributed by atoms with Crippen LogP contribution >= 0.6 is 7.82 Å². The van der Waals surface area contributed by atoms with E-state index in [2.05, 4.69) is 52.4 Å². The van der Waals surface area contributed by atoms with Gasteiger partial charge in [-0.05, 0) is 38.5 Å². The maximum atomic E-state index is 11.7. The van der Waals surface area contributed by atoms with Crippen LogP contribution in [0.2, 0.25) is 0 Å². The van der Waals surface area contributed by atoms with Gasteiger partial charge in [-0.3, -0.25) is 13.8 Å². The minimum atomic E-state index is -4.49. The zero-order valence-corrected chi connectivity index (χ0v) is 19.8. The molecule has 32 heavy (non-hydrogen) atoms. The Kier molecular flexibility index (Phi) is 19.5. The SMILES string of the molecule is CC/C=C\C/C=C\C/C=C\CCCCCC(=O)OCC(O)COP(=O)(O)OCC(O)CO. The summed E-state index contributed by atoms with van der Waals surface area (Å²) < 4.78 is 25.4. The monoisotopic (exact) mass is 478 g/mol. The number of phosphoric acid groups is 1. The maximum Gasteiger partial charge on any atom is 0.472 e. The fraction of sp³-hybridized carbons (Fsp3) is 0.682. The predicted octanol–water partition coefficient (Wildman–Crippen LogP) is 3.19. The first-order valence-electron chi connectivity index (χ1n) is 11.0. The van der Waals surface area contributed by atoms with Gasteiger partial charge in [0.05, 0.1) is 19.8 Å². The van der Waals surface area contributed by atoms with Gasteiger partial charge in [0.2, 0.25) is 0 Å². The van der Waals surface area contributed by atoms with Gasteiger partial charge in [-0.1, -0.05) is 49.8 Å². The quantitative estimate of drug-likeness (QED) is 0.0898. The van der Waals surface area contributed by atoms with Crippen LogP contribution in [-0.2, 0) is 23.1 Å². The van der Waals surface area contributed by atoms with Crippen LogP contribution in [0.15, 0.2) is 36.5 Å². The Balaban J connectivity index is 3.71. The van der Waals surface area contributed by atoms with Gasteiger partial charge >= 0.3 is 13.8 Å². The van der Waals surface area contributed by atoms with Gasteiger partial charge in [-0.2, -0.15) is 0 Å². The van der Waals surface area contributed by atoms with Gasteiger partial charge in [-0.25, -0.2) is 4.57 Å². The Morgan fingerprint density at radius 2 is 1.47 bits per heavy atom. The number of aliphatic hydroxyl groups is 3. The Hall–Kier alpha value is -1.32. The van der Waals surface area contributed by atoms with Crippen molar-refractivity contribution >= 4 is 13.8 Å². The van der Waals surface area contributed by atoms with E-state index in [-0.39, 0.29) is 13.0 Å². The lowest BCUT2D eigenvalue weighted by Gasteiger charge is -2.16. The fourth-order valence-electron chi connectivity index (χ4n) is 2.29.